The monoisotopic (exact) mass is 277 g/mol. The topological polar surface area (TPSA) is 73.6 Å². The smallest absolute Gasteiger partial charge is 0.267 e. The molecule has 90 valence electrons. The van der Waals surface area contributed by atoms with Gasteiger partial charge < -0.3 is 0 Å². The molecular weight excluding hydrogens is 270 g/mol. The second kappa shape index (κ2) is 4.83. The molecule has 8 heteroatoms. The molecule has 0 fully saturated rings. The van der Waals surface area contributed by atoms with E-state index in [0.717, 1.165) is 4.34 Å². The molecule has 0 spiro atoms. The largest absolute Gasteiger partial charge is 0.278 e. The van der Waals surface area contributed by atoms with Crippen molar-refractivity contribution in [3.05, 3.63) is 40.1 Å². The van der Waals surface area contributed by atoms with E-state index in [1.807, 2.05) is 12.1 Å². The molecule has 3 rings (SSSR count). The summed E-state index contributed by atoms with van der Waals surface area (Å²) in [5.74, 6) is 0.381. The molecule has 1 aromatic carbocycles. The van der Waals surface area contributed by atoms with E-state index >= 15 is 0 Å². The highest BCUT2D eigenvalue weighted by atomic mass is 32.2. The molecule has 0 radical (unpaired) electrons. The SMILES string of the molecule is O=c1c2ccccc2nnn1CSc1nncs1. The van der Waals surface area contributed by atoms with Gasteiger partial charge in [0.15, 0.2) is 4.34 Å². The lowest BCUT2D eigenvalue weighted by Gasteiger charge is -2.02. The Balaban J connectivity index is 1.93. The van der Waals surface area contributed by atoms with E-state index in [-0.39, 0.29) is 5.56 Å². The fraction of sp³-hybridized carbons (Fsp3) is 0.100. The lowest BCUT2D eigenvalue weighted by molar-refractivity contribution is 0.644. The average molecular weight is 277 g/mol. The van der Waals surface area contributed by atoms with Crippen LogP contribution in [0.25, 0.3) is 10.9 Å². The Kier molecular flexibility index (Phi) is 3.03. The number of fused-ring (bicyclic) bond motifs is 1. The van der Waals surface area contributed by atoms with E-state index in [2.05, 4.69) is 20.5 Å². The predicted octanol–water partition coefficient (Wildman–Crippen LogP) is 1.39. The van der Waals surface area contributed by atoms with Crippen LogP contribution in [-0.2, 0) is 5.88 Å². The van der Waals surface area contributed by atoms with Crippen LogP contribution in [-0.4, -0.2) is 25.2 Å². The van der Waals surface area contributed by atoms with Crippen molar-refractivity contribution in [1.82, 2.24) is 25.2 Å². The van der Waals surface area contributed by atoms with Gasteiger partial charge in [0.25, 0.3) is 5.56 Å². The average Bonchev–Trinajstić information content (AvgIpc) is 2.91. The van der Waals surface area contributed by atoms with Crippen LogP contribution in [0, 0.1) is 0 Å². The van der Waals surface area contributed by atoms with Gasteiger partial charge in [-0.1, -0.05) is 40.4 Å². The summed E-state index contributed by atoms with van der Waals surface area (Å²) < 4.78 is 2.13. The molecule has 18 heavy (non-hydrogen) atoms. The number of hydrogen-bond acceptors (Lipinski definition) is 7. The maximum atomic E-state index is 12.1. The van der Waals surface area contributed by atoms with Crippen molar-refractivity contribution in [2.75, 3.05) is 0 Å². The summed E-state index contributed by atoms with van der Waals surface area (Å²) in [6, 6.07) is 7.16. The lowest BCUT2D eigenvalue weighted by Crippen LogP contribution is -2.23. The quantitative estimate of drug-likeness (QED) is 0.674. The Morgan fingerprint density at radius 3 is 3.00 bits per heavy atom. The van der Waals surface area contributed by atoms with Crippen LogP contribution in [0.2, 0.25) is 0 Å². The molecule has 0 saturated carbocycles. The summed E-state index contributed by atoms with van der Waals surface area (Å²) >= 11 is 2.84. The van der Waals surface area contributed by atoms with Gasteiger partial charge in [0.05, 0.1) is 11.3 Å². The molecule has 6 nitrogen and oxygen atoms in total. The molecule has 0 amide bonds. The third kappa shape index (κ3) is 2.12. The zero-order valence-corrected chi connectivity index (χ0v) is 10.7. The van der Waals surface area contributed by atoms with Crippen LogP contribution in [0.5, 0.6) is 0 Å². The van der Waals surface area contributed by atoms with Gasteiger partial charge in [-0.3, -0.25) is 4.79 Å². The Hall–Kier alpha value is -1.80. The van der Waals surface area contributed by atoms with E-state index in [4.69, 9.17) is 0 Å². The fourth-order valence-corrected chi connectivity index (χ4v) is 2.79. The van der Waals surface area contributed by atoms with Gasteiger partial charge in [0.2, 0.25) is 0 Å². The first kappa shape index (κ1) is 11.3. The molecule has 0 aliphatic heterocycles. The molecule has 3 aromatic rings. The van der Waals surface area contributed by atoms with E-state index in [0.29, 0.717) is 16.8 Å². The minimum Gasteiger partial charge on any atom is -0.267 e. The van der Waals surface area contributed by atoms with Gasteiger partial charge in [-0.05, 0) is 12.1 Å². The third-order valence-corrected chi connectivity index (χ3v) is 4.11. The number of hydrogen-bond donors (Lipinski definition) is 0. The Bertz CT molecular complexity index is 724. The zero-order chi connectivity index (χ0) is 12.4. The number of benzene rings is 1. The molecule has 0 saturated heterocycles. The summed E-state index contributed by atoms with van der Waals surface area (Å²) in [6.45, 7) is 0. The highest BCUT2D eigenvalue weighted by Crippen LogP contribution is 2.19. The minimum atomic E-state index is -0.141. The van der Waals surface area contributed by atoms with Gasteiger partial charge in [0.1, 0.15) is 11.0 Å². The van der Waals surface area contributed by atoms with E-state index < -0.39 is 0 Å². The predicted molar refractivity (Wildman–Crippen MR) is 69.6 cm³/mol. The maximum absolute atomic E-state index is 12.1. The van der Waals surface area contributed by atoms with Gasteiger partial charge in [-0.25, -0.2) is 0 Å². The highest BCUT2D eigenvalue weighted by Gasteiger charge is 2.06. The molecule has 2 heterocycles. The van der Waals surface area contributed by atoms with Crippen molar-refractivity contribution in [2.45, 2.75) is 10.2 Å². The van der Waals surface area contributed by atoms with Crippen LogP contribution in [0.15, 0.2) is 38.9 Å². The Morgan fingerprint density at radius 2 is 2.17 bits per heavy atom. The van der Waals surface area contributed by atoms with Crippen LogP contribution in [0.3, 0.4) is 0 Å². The molecule has 0 aliphatic rings. The van der Waals surface area contributed by atoms with E-state index in [1.54, 1.807) is 17.6 Å². The van der Waals surface area contributed by atoms with Crippen LogP contribution < -0.4 is 5.56 Å². The minimum absolute atomic E-state index is 0.141. The standard InChI is InChI=1S/C10H7N5OS2/c16-9-7-3-1-2-4-8(7)12-14-15(9)6-18-10-13-11-5-17-10/h1-5H,6H2. The zero-order valence-electron chi connectivity index (χ0n) is 9.05. The second-order valence-electron chi connectivity index (χ2n) is 3.39. The van der Waals surface area contributed by atoms with Crippen molar-refractivity contribution >= 4 is 34.0 Å². The van der Waals surface area contributed by atoms with Crippen LogP contribution >= 0.6 is 23.1 Å². The first-order chi connectivity index (χ1) is 8.84. The van der Waals surface area contributed by atoms with Gasteiger partial charge in [0, 0.05) is 0 Å². The highest BCUT2D eigenvalue weighted by molar-refractivity contribution is 8.00. The molecule has 0 atom stereocenters. The number of rotatable bonds is 3. The summed E-state index contributed by atoms with van der Waals surface area (Å²) in [7, 11) is 0. The Labute approximate surface area is 110 Å². The summed E-state index contributed by atoms with van der Waals surface area (Å²) in [4.78, 5) is 12.1. The first-order valence-corrected chi connectivity index (χ1v) is 6.92. The molecule has 0 bridgehead atoms. The molecule has 0 unspecified atom stereocenters. The van der Waals surface area contributed by atoms with Crippen molar-refractivity contribution in [1.29, 1.82) is 0 Å². The lowest BCUT2D eigenvalue weighted by atomic mass is 10.2. The van der Waals surface area contributed by atoms with Crippen LogP contribution in [0.1, 0.15) is 0 Å². The van der Waals surface area contributed by atoms with Crippen molar-refractivity contribution in [3.63, 3.8) is 0 Å². The summed E-state index contributed by atoms with van der Waals surface area (Å²) in [6.07, 6.45) is 0. The summed E-state index contributed by atoms with van der Waals surface area (Å²) in [5, 5.41) is 16.1. The molecule has 0 aliphatic carbocycles. The Morgan fingerprint density at radius 1 is 1.28 bits per heavy atom. The fourth-order valence-electron chi connectivity index (χ4n) is 1.45. The van der Waals surface area contributed by atoms with Crippen molar-refractivity contribution in [2.24, 2.45) is 0 Å². The van der Waals surface area contributed by atoms with Crippen LogP contribution in [0.4, 0.5) is 0 Å². The molecular formula is C10H7N5OS2. The maximum Gasteiger partial charge on any atom is 0.278 e. The normalized spacial score (nSPS) is 10.9. The van der Waals surface area contributed by atoms with Crippen molar-refractivity contribution < 1.29 is 0 Å². The first-order valence-electron chi connectivity index (χ1n) is 5.06. The number of thioether (sulfide) groups is 1. The van der Waals surface area contributed by atoms with Gasteiger partial charge in [-0.2, -0.15) is 4.68 Å². The van der Waals surface area contributed by atoms with Gasteiger partial charge >= 0.3 is 0 Å². The number of nitrogens with zero attached hydrogens (tertiary/aromatic N) is 5. The second-order valence-corrected chi connectivity index (χ2v) is 5.41. The third-order valence-electron chi connectivity index (χ3n) is 2.28. The van der Waals surface area contributed by atoms with E-state index in [1.165, 1.54) is 27.8 Å². The van der Waals surface area contributed by atoms with Crippen molar-refractivity contribution in [3.8, 4) is 0 Å². The summed E-state index contributed by atoms with van der Waals surface area (Å²) in [5.41, 5.74) is 2.12. The molecule has 2 aromatic heterocycles. The number of aromatic nitrogens is 5. The van der Waals surface area contributed by atoms with E-state index in [9.17, 15) is 4.79 Å². The van der Waals surface area contributed by atoms with Gasteiger partial charge in [-0.15, -0.1) is 15.3 Å². The molecule has 0 N–H and O–H groups in total.